The van der Waals surface area contributed by atoms with Crippen molar-refractivity contribution in [2.24, 2.45) is 5.92 Å². The molecule has 0 unspecified atom stereocenters. The van der Waals surface area contributed by atoms with Gasteiger partial charge in [-0.1, -0.05) is 6.07 Å². The molecule has 4 atom stereocenters. The number of ether oxygens (including phenoxy) is 1. The molecule has 0 bridgehead atoms. The molecule has 0 radical (unpaired) electrons. The summed E-state index contributed by atoms with van der Waals surface area (Å²) in [5, 5.41) is 14.8. The SMILES string of the molecule is C[C@]1(N2CCN(c3cc4cc(NC(=O)[C@H]5C[C@@H]5c5ccccn5)ncc4cc3F)CC2)COC[C@H]1O. The van der Waals surface area contributed by atoms with Crippen molar-refractivity contribution in [2.45, 2.75) is 30.9 Å². The van der Waals surface area contributed by atoms with Gasteiger partial charge in [-0.05, 0) is 49.1 Å². The highest BCUT2D eigenvalue weighted by molar-refractivity contribution is 5.96. The Hall–Kier alpha value is -3.14. The number of aliphatic hydroxyl groups is 1. The smallest absolute Gasteiger partial charge is 0.229 e. The molecule has 3 aromatic rings. The third-order valence-corrected chi connectivity index (χ3v) is 7.96. The number of hydrogen-bond acceptors (Lipinski definition) is 7. The van der Waals surface area contributed by atoms with Crippen LogP contribution in [0.5, 0.6) is 0 Å². The lowest BCUT2D eigenvalue weighted by molar-refractivity contribution is -0.117. The van der Waals surface area contributed by atoms with Crippen LogP contribution < -0.4 is 10.2 Å². The van der Waals surface area contributed by atoms with E-state index in [1.54, 1.807) is 18.5 Å². The fourth-order valence-corrected chi connectivity index (χ4v) is 5.50. The van der Waals surface area contributed by atoms with E-state index in [2.05, 4.69) is 20.2 Å². The molecule has 2 N–H and O–H groups in total. The fourth-order valence-electron chi connectivity index (χ4n) is 5.50. The molecule has 2 aromatic heterocycles. The monoisotopic (exact) mass is 491 g/mol. The molecule has 1 amide bonds. The van der Waals surface area contributed by atoms with Crippen LogP contribution in [0.25, 0.3) is 10.8 Å². The molecular weight excluding hydrogens is 461 g/mol. The molecule has 1 saturated carbocycles. The molecule has 2 aliphatic heterocycles. The van der Waals surface area contributed by atoms with E-state index in [0.29, 0.717) is 56.3 Å². The molecule has 3 aliphatic rings. The summed E-state index contributed by atoms with van der Waals surface area (Å²) in [5.41, 5.74) is 1.08. The third-order valence-electron chi connectivity index (χ3n) is 7.96. The van der Waals surface area contributed by atoms with Crippen molar-refractivity contribution in [2.75, 3.05) is 49.6 Å². The number of nitrogens with one attached hydrogen (secondary N) is 1. The van der Waals surface area contributed by atoms with Crippen LogP contribution in [-0.2, 0) is 9.53 Å². The second-order valence-electron chi connectivity index (χ2n) is 10.3. The first-order chi connectivity index (χ1) is 17.4. The zero-order valence-corrected chi connectivity index (χ0v) is 20.2. The number of rotatable bonds is 5. The first kappa shape index (κ1) is 23.3. The number of amides is 1. The van der Waals surface area contributed by atoms with E-state index in [0.717, 1.165) is 17.5 Å². The number of halogens is 1. The van der Waals surface area contributed by atoms with Gasteiger partial charge in [-0.25, -0.2) is 9.37 Å². The highest BCUT2D eigenvalue weighted by Gasteiger charge is 2.45. The van der Waals surface area contributed by atoms with Gasteiger partial charge in [-0.3, -0.25) is 14.7 Å². The number of aliphatic hydroxyl groups excluding tert-OH is 1. The van der Waals surface area contributed by atoms with Crippen LogP contribution in [0.15, 0.2) is 48.8 Å². The van der Waals surface area contributed by atoms with Crippen molar-refractivity contribution >= 4 is 28.2 Å². The molecule has 188 valence electrons. The predicted molar refractivity (Wildman–Crippen MR) is 134 cm³/mol. The number of pyridine rings is 2. The number of carbonyl (C=O) groups is 1. The summed E-state index contributed by atoms with van der Waals surface area (Å²) >= 11 is 0. The number of fused-ring (bicyclic) bond motifs is 1. The molecule has 1 aliphatic carbocycles. The van der Waals surface area contributed by atoms with Gasteiger partial charge < -0.3 is 20.1 Å². The normalized spacial score (nSPS) is 28.4. The maximum Gasteiger partial charge on any atom is 0.229 e. The minimum Gasteiger partial charge on any atom is -0.389 e. The summed E-state index contributed by atoms with van der Waals surface area (Å²) in [6, 6.07) is 10.9. The van der Waals surface area contributed by atoms with E-state index in [9.17, 15) is 9.90 Å². The van der Waals surface area contributed by atoms with E-state index in [-0.39, 0.29) is 23.6 Å². The van der Waals surface area contributed by atoms with Gasteiger partial charge in [-0.2, -0.15) is 0 Å². The first-order valence-electron chi connectivity index (χ1n) is 12.5. The Morgan fingerprint density at radius 3 is 2.72 bits per heavy atom. The van der Waals surface area contributed by atoms with E-state index in [1.807, 2.05) is 36.1 Å². The van der Waals surface area contributed by atoms with Gasteiger partial charge in [0.1, 0.15) is 11.6 Å². The molecule has 9 heteroatoms. The maximum atomic E-state index is 15.0. The quantitative estimate of drug-likeness (QED) is 0.567. The molecule has 2 saturated heterocycles. The van der Waals surface area contributed by atoms with Gasteiger partial charge in [0, 0.05) is 61.5 Å². The zero-order valence-electron chi connectivity index (χ0n) is 20.2. The number of benzene rings is 1. The van der Waals surface area contributed by atoms with Gasteiger partial charge >= 0.3 is 0 Å². The predicted octanol–water partition coefficient (Wildman–Crippen LogP) is 2.78. The van der Waals surface area contributed by atoms with Crippen molar-refractivity contribution in [3.05, 3.63) is 60.3 Å². The lowest BCUT2D eigenvalue weighted by Crippen LogP contribution is -2.60. The largest absolute Gasteiger partial charge is 0.389 e. The van der Waals surface area contributed by atoms with Crippen LogP contribution in [0, 0.1) is 11.7 Å². The summed E-state index contributed by atoms with van der Waals surface area (Å²) in [6.07, 6.45) is 3.61. The van der Waals surface area contributed by atoms with Crippen LogP contribution in [0.1, 0.15) is 25.0 Å². The van der Waals surface area contributed by atoms with Gasteiger partial charge in [0.05, 0.1) is 30.5 Å². The van der Waals surface area contributed by atoms with Crippen molar-refractivity contribution in [3.8, 4) is 0 Å². The highest BCUT2D eigenvalue weighted by atomic mass is 19.1. The van der Waals surface area contributed by atoms with E-state index >= 15 is 4.39 Å². The fraction of sp³-hybridized carbons (Fsp3) is 0.444. The topological polar surface area (TPSA) is 90.8 Å². The second kappa shape index (κ2) is 9.06. The maximum absolute atomic E-state index is 15.0. The lowest BCUT2D eigenvalue weighted by Gasteiger charge is -2.45. The number of carbonyl (C=O) groups excluding carboxylic acids is 1. The molecule has 6 rings (SSSR count). The molecule has 1 aromatic carbocycles. The molecule has 4 heterocycles. The average molecular weight is 492 g/mol. The standard InChI is InChI=1S/C27H30FN5O3/c1-27(16-36-15-24(27)34)33-8-6-32(7-9-33)23-11-17-12-25(30-14-18(17)10-21(23)28)31-26(35)20-13-19(20)22-4-2-3-5-29-22/h2-5,10-12,14,19-20,24,34H,6-9,13,15-16H2,1H3,(H,30,31,35)/t19-,20-,24+,27-/m0/s1. The number of hydrogen-bond donors (Lipinski definition) is 2. The molecular formula is C27H30FN5O3. The minimum atomic E-state index is -0.516. The van der Waals surface area contributed by atoms with E-state index in [1.165, 1.54) is 6.07 Å². The minimum absolute atomic E-state index is 0.0671. The summed E-state index contributed by atoms with van der Waals surface area (Å²) < 4.78 is 20.5. The summed E-state index contributed by atoms with van der Waals surface area (Å²) in [7, 11) is 0. The Morgan fingerprint density at radius 1 is 1.17 bits per heavy atom. The average Bonchev–Trinajstić information content (AvgIpc) is 3.63. The number of aromatic nitrogens is 2. The van der Waals surface area contributed by atoms with Gasteiger partial charge in [0.15, 0.2) is 0 Å². The van der Waals surface area contributed by atoms with Crippen LogP contribution in [0.2, 0.25) is 0 Å². The van der Waals surface area contributed by atoms with Gasteiger partial charge in [0.25, 0.3) is 0 Å². The van der Waals surface area contributed by atoms with Crippen molar-refractivity contribution < 1.29 is 19.0 Å². The zero-order chi connectivity index (χ0) is 24.9. The van der Waals surface area contributed by atoms with Gasteiger partial charge in [-0.15, -0.1) is 0 Å². The number of nitrogens with zero attached hydrogens (tertiary/aromatic N) is 4. The van der Waals surface area contributed by atoms with Crippen LogP contribution in [0.4, 0.5) is 15.9 Å². The molecule has 36 heavy (non-hydrogen) atoms. The summed E-state index contributed by atoms with van der Waals surface area (Å²) in [6.45, 7) is 5.61. The Labute approximate surface area is 209 Å². The Bertz CT molecular complexity index is 1280. The third kappa shape index (κ3) is 4.21. The molecule has 0 spiro atoms. The highest BCUT2D eigenvalue weighted by Crippen LogP contribution is 2.47. The van der Waals surface area contributed by atoms with Crippen molar-refractivity contribution in [1.82, 2.24) is 14.9 Å². The van der Waals surface area contributed by atoms with Crippen molar-refractivity contribution in [3.63, 3.8) is 0 Å². The van der Waals surface area contributed by atoms with Crippen LogP contribution in [0.3, 0.4) is 0 Å². The molecule has 8 nitrogen and oxygen atoms in total. The number of piperazine rings is 1. The van der Waals surface area contributed by atoms with E-state index in [4.69, 9.17) is 4.74 Å². The van der Waals surface area contributed by atoms with Crippen LogP contribution in [-0.4, -0.2) is 76.9 Å². The Kier molecular flexibility index (Phi) is 5.86. The van der Waals surface area contributed by atoms with Gasteiger partial charge in [0.2, 0.25) is 5.91 Å². The van der Waals surface area contributed by atoms with Crippen LogP contribution >= 0.6 is 0 Å². The van der Waals surface area contributed by atoms with Crippen molar-refractivity contribution in [1.29, 1.82) is 0 Å². The number of anilines is 2. The summed E-state index contributed by atoms with van der Waals surface area (Å²) in [5.74, 6) is 0.140. The Morgan fingerprint density at radius 2 is 2.00 bits per heavy atom. The Balaban J connectivity index is 1.15. The lowest BCUT2D eigenvalue weighted by atomic mass is 9.95. The first-order valence-corrected chi connectivity index (χ1v) is 12.5. The second-order valence-corrected chi connectivity index (χ2v) is 10.3. The summed E-state index contributed by atoms with van der Waals surface area (Å²) in [4.78, 5) is 25.8. The van der Waals surface area contributed by atoms with E-state index < -0.39 is 11.6 Å². The molecule has 3 fully saturated rings.